The molecule has 1 heterocycles. The molecule has 0 spiro atoms. The van der Waals surface area contributed by atoms with Crippen molar-refractivity contribution in [1.29, 1.82) is 0 Å². The summed E-state index contributed by atoms with van der Waals surface area (Å²) in [7, 11) is 0. The molecule has 0 saturated heterocycles. The normalized spacial score (nSPS) is 11.1. The van der Waals surface area contributed by atoms with Crippen LogP contribution >= 0.6 is 0 Å². The Kier molecular flexibility index (Phi) is 5.77. The summed E-state index contributed by atoms with van der Waals surface area (Å²) in [6.07, 6.45) is 0. The van der Waals surface area contributed by atoms with E-state index in [0.29, 0.717) is 43.1 Å². The van der Waals surface area contributed by atoms with Gasteiger partial charge in [0.05, 0.1) is 24.6 Å². The molecule has 0 aliphatic heterocycles. The van der Waals surface area contributed by atoms with Gasteiger partial charge in [-0.3, -0.25) is 0 Å². The third-order valence-electron chi connectivity index (χ3n) is 3.19. The van der Waals surface area contributed by atoms with Crippen LogP contribution in [0.15, 0.2) is 16.8 Å². The van der Waals surface area contributed by atoms with Crippen molar-refractivity contribution >= 4 is 22.4 Å². The van der Waals surface area contributed by atoms with E-state index in [-0.39, 0.29) is 0 Å². The summed E-state index contributed by atoms with van der Waals surface area (Å²) >= 11 is 0. The summed E-state index contributed by atoms with van der Waals surface area (Å²) in [5.41, 5.74) is 8.63. The molecular formula is C14H22N4O3. The van der Waals surface area contributed by atoms with Gasteiger partial charge in [0.1, 0.15) is 0 Å². The van der Waals surface area contributed by atoms with Gasteiger partial charge in [-0.05, 0) is 36.3 Å². The van der Waals surface area contributed by atoms with Crippen LogP contribution in [0, 0.1) is 0 Å². The Balaban J connectivity index is 2.20. The Hall–Kier alpha value is -1.86. The van der Waals surface area contributed by atoms with Gasteiger partial charge in [0.25, 0.3) is 0 Å². The highest BCUT2D eigenvalue weighted by Crippen LogP contribution is 2.28. The SMILES string of the molecule is CCOCCN(CCOCC)c1ccc(N)c2nonc12. The molecule has 0 atom stereocenters. The zero-order valence-electron chi connectivity index (χ0n) is 12.5. The molecule has 0 aliphatic rings. The number of fused-ring (bicyclic) bond motifs is 1. The highest BCUT2D eigenvalue weighted by atomic mass is 16.6. The molecule has 2 aromatic rings. The Morgan fingerprint density at radius 1 is 1.05 bits per heavy atom. The van der Waals surface area contributed by atoms with E-state index in [9.17, 15) is 0 Å². The van der Waals surface area contributed by atoms with Gasteiger partial charge < -0.3 is 20.1 Å². The van der Waals surface area contributed by atoms with Crippen molar-refractivity contribution in [3.8, 4) is 0 Å². The Labute approximate surface area is 123 Å². The van der Waals surface area contributed by atoms with Gasteiger partial charge in [0.2, 0.25) is 0 Å². The first kappa shape index (κ1) is 15.5. The fourth-order valence-electron chi connectivity index (χ4n) is 2.12. The number of ether oxygens (including phenoxy) is 2. The molecule has 0 radical (unpaired) electrons. The van der Waals surface area contributed by atoms with Crippen LogP contribution in [0.5, 0.6) is 0 Å². The average molecular weight is 294 g/mol. The summed E-state index contributed by atoms with van der Waals surface area (Å²) in [6.45, 7) is 8.12. The van der Waals surface area contributed by atoms with E-state index < -0.39 is 0 Å². The summed E-state index contributed by atoms with van der Waals surface area (Å²) < 4.78 is 15.7. The minimum absolute atomic E-state index is 0.560. The number of nitrogen functional groups attached to an aromatic ring is 1. The van der Waals surface area contributed by atoms with Crippen LogP contribution in [0.2, 0.25) is 0 Å². The molecule has 7 heteroatoms. The van der Waals surface area contributed by atoms with Gasteiger partial charge in [0.15, 0.2) is 11.0 Å². The van der Waals surface area contributed by atoms with Gasteiger partial charge in [-0.1, -0.05) is 0 Å². The molecule has 2 rings (SSSR count). The summed E-state index contributed by atoms with van der Waals surface area (Å²) in [5.74, 6) is 0. The van der Waals surface area contributed by atoms with E-state index in [1.165, 1.54) is 0 Å². The first-order valence-corrected chi connectivity index (χ1v) is 7.19. The minimum atomic E-state index is 0.560. The number of rotatable bonds is 9. The molecule has 0 fully saturated rings. The molecule has 1 aromatic carbocycles. The average Bonchev–Trinajstić information content (AvgIpc) is 2.97. The van der Waals surface area contributed by atoms with Crippen LogP contribution in [0.4, 0.5) is 11.4 Å². The van der Waals surface area contributed by atoms with E-state index in [2.05, 4.69) is 15.2 Å². The van der Waals surface area contributed by atoms with Crippen LogP contribution in [-0.2, 0) is 9.47 Å². The topological polar surface area (TPSA) is 86.6 Å². The summed E-state index contributed by atoms with van der Waals surface area (Å²) in [4.78, 5) is 2.15. The van der Waals surface area contributed by atoms with E-state index in [1.54, 1.807) is 0 Å². The minimum Gasteiger partial charge on any atom is -0.397 e. The van der Waals surface area contributed by atoms with Gasteiger partial charge in [-0.15, -0.1) is 0 Å². The van der Waals surface area contributed by atoms with Crippen LogP contribution in [0.25, 0.3) is 11.0 Å². The smallest absolute Gasteiger partial charge is 0.160 e. The molecular weight excluding hydrogens is 272 g/mol. The Morgan fingerprint density at radius 3 is 2.29 bits per heavy atom. The van der Waals surface area contributed by atoms with E-state index >= 15 is 0 Å². The Morgan fingerprint density at radius 2 is 1.67 bits per heavy atom. The second-order valence-electron chi connectivity index (χ2n) is 4.52. The van der Waals surface area contributed by atoms with Crippen LogP contribution in [0.3, 0.4) is 0 Å². The third kappa shape index (κ3) is 3.83. The van der Waals surface area contributed by atoms with Gasteiger partial charge in [0, 0.05) is 26.3 Å². The van der Waals surface area contributed by atoms with Crippen molar-refractivity contribution < 1.29 is 14.1 Å². The third-order valence-corrected chi connectivity index (χ3v) is 3.19. The van der Waals surface area contributed by atoms with Crippen molar-refractivity contribution in [2.75, 3.05) is 50.2 Å². The number of nitrogens with zero attached hydrogens (tertiary/aromatic N) is 3. The molecule has 21 heavy (non-hydrogen) atoms. The second-order valence-corrected chi connectivity index (χ2v) is 4.52. The maximum absolute atomic E-state index is 5.88. The highest BCUT2D eigenvalue weighted by Gasteiger charge is 2.15. The number of benzene rings is 1. The molecule has 1 aromatic heterocycles. The molecule has 0 amide bonds. The van der Waals surface area contributed by atoms with Crippen molar-refractivity contribution in [3.63, 3.8) is 0 Å². The van der Waals surface area contributed by atoms with E-state index in [0.717, 1.165) is 18.8 Å². The molecule has 0 unspecified atom stereocenters. The zero-order chi connectivity index (χ0) is 15.1. The molecule has 2 N–H and O–H groups in total. The van der Waals surface area contributed by atoms with Gasteiger partial charge in [-0.25, -0.2) is 4.63 Å². The summed E-state index contributed by atoms with van der Waals surface area (Å²) in [5, 5.41) is 7.82. The largest absolute Gasteiger partial charge is 0.397 e. The predicted octanol–water partition coefficient (Wildman–Crippen LogP) is 1.68. The number of hydrogen-bond acceptors (Lipinski definition) is 7. The first-order valence-electron chi connectivity index (χ1n) is 7.19. The number of anilines is 2. The van der Waals surface area contributed by atoms with E-state index in [4.69, 9.17) is 19.8 Å². The molecule has 116 valence electrons. The van der Waals surface area contributed by atoms with Crippen molar-refractivity contribution in [1.82, 2.24) is 10.3 Å². The number of hydrogen-bond donors (Lipinski definition) is 1. The lowest BCUT2D eigenvalue weighted by Gasteiger charge is -2.24. The fraction of sp³-hybridized carbons (Fsp3) is 0.571. The van der Waals surface area contributed by atoms with Crippen molar-refractivity contribution in [2.24, 2.45) is 0 Å². The van der Waals surface area contributed by atoms with Crippen molar-refractivity contribution in [2.45, 2.75) is 13.8 Å². The highest BCUT2D eigenvalue weighted by molar-refractivity contribution is 5.95. The lowest BCUT2D eigenvalue weighted by molar-refractivity contribution is 0.141. The lowest BCUT2D eigenvalue weighted by atomic mass is 10.2. The lowest BCUT2D eigenvalue weighted by Crippen LogP contribution is -2.31. The zero-order valence-corrected chi connectivity index (χ0v) is 12.5. The van der Waals surface area contributed by atoms with Gasteiger partial charge in [-0.2, -0.15) is 0 Å². The predicted molar refractivity (Wildman–Crippen MR) is 81.4 cm³/mol. The van der Waals surface area contributed by atoms with E-state index in [1.807, 2.05) is 26.0 Å². The molecule has 0 aliphatic carbocycles. The standard InChI is InChI=1S/C14H22N4O3/c1-3-19-9-7-18(8-10-20-4-2)12-6-5-11(15)13-14(12)17-21-16-13/h5-6H,3-4,7-10,15H2,1-2H3. The Bertz CT molecular complexity index is 548. The van der Waals surface area contributed by atoms with Crippen molar-refractivity contribution in [3.05, 3.63) is 12.1 Å². The fourth-order valence-corrected chi connectivity index (χ4v) is 2.12. The number of aromatic nitrogens is 2. The maximum Gasteiger partial charge on any atom is 0.160 e. The molecule has 0 bridgehead atoms. The molecule has 7 nitrogen and oxygen atoms in total. The quantitative estimate of drug-likeness (QED) is 0.556. The molecule has 0 saturated carbocycles. The van der Waals surface area contributed by atoms with Crippen LogP contribution in [0.1, 0.15) is 13.8 Å². The van der Waals surface area contributed by atoms with Crippen LogP contribution in [-0.4, -0.2) is 49.8 Å². The maximum atomic E-state index is 5.88. The van der Waals surface area contributed by atoms with Crippen LogP contribution < -0.4 is 10.6 Å². The second kappa shape index (κ2) is 7.80. The first-order chi connectivity index (χ1) is 10.3. The summed E-state index contributed by atoms with van der Waals surface area (Å²) in [6, 6.07) is 3.75. The number of nitrogens with two attached hydrogens (primary N) is 1. The monoisotopic (exact) mass is 294 g/mol. The van der Waals surface area contributed by atoms with Gasteiger partial charge >= 0.3 is 0 Å².